The Bertz CT molecular complexity index is 578. The lowest BCUT2D eigenvalue weighted by atomic mass is 10.1. The van der Waals surface area contributed by atoms with Gasteiger partial charge < -0.3 is 0 Å². The number of hydrogen-bond donors (Lipinski definition) is 0. The fourth-order valence-electron chi connectivity index (χ4n) is 2.38. The molecule has 94 valence electrons. The molecule has 0 aromatic heterocycles. The molecule has 0 bridgehead atoms. The molecule has 0 amide bonds. The van der Waals surface area contributed by atoms with Crippen molar-refractivity contribution in [2.75, 3.05) is 0 Å². The highest BCUT2D eigenvalue weighted by atomic mass is 14.1. The van der Waals surface area contributed by atoms with Crippen molar-refractivity contribution in [1.29, 1.82) is 0 Å². The van der Waals surface area contributed by atoms with E-state index in [0.717, 1.165) is 5.92 Å². The van der Waals surface area contributed by atoms with Crippen LogP contribution in [0.5, 0.6) is 0 Å². The van der Waals surface area contributed by atoms with E-state index < -0.39 is 0 Å². The molecule has 0 heterocycles. The van der Waals surface area contributed by atoms with Crippen LogP contribution in [0.1, 0.15) is 33.6 Å². The quantitative estimate of drug-likeness (QED) is 0.654. The van der Waals surface area contributed by atoms with Gasteiger partial charge in [-0.15, -0.1) is 0 Å². The largest absolute Gasteiger partial charge is 0.0764 e. The van der Waals surface area contributed by atoms with Crippen LogP contribution in [0.15, 0.2) is 36.4 Å². The van der Waals surface area contributed by atoms with E-state index in [0.29, 0.717) is 0 Å². The molecule has 0 atom stereocenters. The van der Waals surface area contributed by atoms with Crippen molar-refractivity contribution in [3.8, 4) is 0 Å². The molecule has 2 aromatic carbocycles. The molecule has 0 fully saturated rings. The van der Waals surface area contributed by atoms with Gasteiger partial charge in [-0.05, 0) is 52.1 Å². The van der Waals surface area contributed by atoms with Gasteiger partial charge in [0, 0.05) is 0 Å². The lowest BCUT2D eigenvalue weighted by molar-refractivity contribution is 0.636. The van der Waals surface area contributed by atoms with Gasteiger partial charge in [-0.2, -0.15) is 0 Å². The topological polar surface area (TPSA) is 0 Å². The summed E-state index contributed by atoms with van der Waals surface area (Å²) in [5.41, 5.74) is 0. The summed E-state index contributed by atoms with van der Waals surface area (Å²) < 4.78 is 0. The lowest BCUT2D eigenvalue weighted by Gasteiger charge is -2.00. The van der Waals surface area contributed by atoms with E-state index in [-0.39, 0.29) is 0 Å². The summed E-state index contributed by atoms with van der Waals surface area (Å²) in [7, 11) is 0. The zero-order valence-electron chi connectivity index (χ0n) is 11.6. The van der Waals surface area contributed by atoms with Crippen LogP contribution in [-0.2, 0) is 0 Å². The zero-order chi connectivity index (χ0) is 13.0. The molecular weight excluding hydrogens is 216 g/mol. The van der Waals surface area contributed by atoms with Crippen LogP contribution in [0.4, 0.5) is 0 Å². The first-order chi connectivity index (χ1) is 8.83. The van der Waals surface area contributed by atoms with E-state index >= 15 is 0 Å². The molecule has 0 N–H and O–H groups in total. The maximum atomic E-state index is 2.38. The molecule has 0 unspecified atom stereocenters. The van der Waals surface area contributed by atoms with Crippen LogP contribution < -0.4 is 10.4 Å². The monoisotopic (exact) mass is 238 g/mol. The van der Waals surface area contributed by atoms with Crippen LogP contribution >= 0.6 is 0 Å². The molecule has 0 heteroatoms. The second-order valence-corrected chi connectivity index (χ2v) is 4.81. The molecular formula is C18H22. The Labute approximate surface area is 110 Å². The van der Waals surface area contributed by atoms with E-state index in [2.05, 4.69) is 55.5 Å². The standard InChI is InChI=1S/C16H16.C2H6/c1-12-6-8-15-10-13-4-2-3-5-14(13)11-16(15)9-7-12;1-2/h2-5,8-12H,6-7H2,1H3;1-2H3. The number of hydrogen-bond acceptors (Lipinski definition) is 0. The van der Waals surface area contributed by atoms with E-state index in [4.69, 9.17) is 0 Å². The van der Waals surface area contributed by atoms with Gasteiger partial charge in [0.25, 0.3) is 0 Å². The summed E-state index contributed by atoms with van der Waals surface area (Å²) in [6, 6.07) is 13.2. The van der Waals surface area contributed by atoms with Gasteiger partial charge in [0.05, 0.1) is 0 Å². The summed E-state index contributed by atoms with van der Waals surface area (Å²) in [6.07, 6.45) is 7.16. The van der Waals surface area contributed by atoms with Crippen LogP contribution in [-0.4, -0.2) is 0 Å². The molecule has 2 aromatic rings. The maximum Gasteiger partial charge on any atom is -0.0178 e. The highest BCUT2D eigenvalue weighted by Gasteiger charge is 2.02. The highest BCUT2D eigenvalue weighted by molar-refractivity contribution is 5.82. The Morgan fingerprint density at radius 2 is 1.28 bits per heavy atom. The second kappa shape index (κ2) is 5.86. The van der Waals surface area contributed by atoms with Crippen LogP contribution in [0, 0.1) is 5.92 Å². The number of rotatable bonds is 0. The third kappa shape index (κ3) is 2.64. The third-order valence-electron chi connectivity index (χ3n) is 3.43. The van der Waals surface area contributed by atoms with E-state index in [9.17, 15) is 0 Å². The third-order valence-corrected chi connectivity index (χ3v) is 3.43. The average Bonchev–Trinajstić information content (AvgIpc) is 2.61. The zero-order valence-corrected chi connectivity index (χ0v) is 11.6. The molecule has 1 aliphatic rings. The van der Waals surface area contributed by atoms with E-state index in [1.807, 2.05) is 13.8 Å². The predicted octanol–water partition coefficient (Wildman–Crippen LogP) is 3.86. The molecule has 3 rings (SSSR count). The second-order valence-electron chi connectivity index (χ2n) is 4.81. The average molecular weight is 238 g/mol. The molecule has 0 aliphatic heterocycles. The Kier molecular flexibility index (Phi) is 4.19. The minimum Gasteiger partial charge on any atom is -0.0764 e. The fraction of sp³-hybridized carbons (Fsp3) is 0.333. The molecule has 18 heavy (non-hydrogen) atoms. The minimum absolute atomic E-state index is 0.774. The van der Waals surface area contributed by atoms with Crippen LogP contribution in [0.3, 0.4) is 0 Å². The summed E-state index contributed by atoms with van der Waals surface area (Å²) in [5.74, 6) is 0.774. The fourth-order valence-corrected chi connectivity index (χ4v) is 2.38. The van der Waals surface area contributed by atoms with Crippen molar-refractivity contribution < 1.29 is 0 Å². The summed E-state index contributed by atoms with van der Waals surface area (Å²) in [5, 5.41) is 5.51. The smallest absolute Gasteiger partial charge is 0.0178 e. The SMILES string of the molecule is CC.CC1CC=c2cc3ccccc3cc2=CC1. The number of benzene rings is 2. The molecule has 0 saturated heterocycles. The van der Waals surface area contributed by atoms with Crippen molar-refractivity contribution in [2.45, 2.75) is 33.6 Å². The summed E-state index contributed by atoms with van der Waals surface area (Å²) in [6.45, 7) is 6.32. The van der Waals surface area contributed by atoms with Crippen molar-refractivity contribution in [1.82, 2.24) is 0 Å². The van der Waals surface area contributed by atoms with E-state index in [1.165, 1.54) is 34.1 Å². The van der Waals surface area contributed by atoms with Crippen molar-refractivity contribution in [2.24, 2.45) is 5.92 Å². The van der Waals surface area contributed by atoms with E-state index in [1.54, 1.807) is 0 Å². The molecule has 0 radical (unpaired) electrons. The molecule has 0 nitrogen and oxygen atoms in total. The van der Waals surface area contributed by atoms with Crippen molar-refractivity contribution in [3.05, 3.63) is 46.8 Å². The van der Waals surface area contributed by atoms with Gasteiger partial charge in [0.15, 0.2) is 0 Å². The Hall–Kier alpha value is -1.56. The summed E-state index contributed by atoms with van der Waals surface area (Å²) in [4.78, 5) is 0. The first kappa shape index (κ1) is 12.9. The first-order valence-corrected chi connectivity index (χ1v) is 7.02. The van der Waals surface area contributed by atoms with Gasteiger partial charge in [0.1, 0.15) is 0 Å². The van der Waals surface area contributed by atoms with Gasteiger partial charge in [-0.3, -0.25) is 0 Å². The van der Waals surface area contributed by atoms with Crippen LogP contribution in [0.25, 0.3) is 22.9 Å². The Morgan fingerprint density at radius 1 is 0.833 bits per heavy atom. The molecule has 1 aliphatic carbocycles. The van der Waals surface area contributed by atoms with Crippen LogP contribution in [0.2, 0.25) is 0 Å². The Balaban J connectivity index is 0.000000574. The maximum absolute atomic E-state index is 2.38. The van der Waals surface area contributed by atoms with Gasteiger partial charge in [0.2, 0.25) is 0 Å². The lowest BCUT2D eigenvalue weighted by Crippen LogP contribution is -2.23. The highest BCUT2D eigenvalue weighted by Crippen LogP contribution is 2.12. The minimum atomic E-state index is 0.774. The van der Waals surface area contributed by atoms with Crippen molar-refractivity contribution >= 4 is 22.9 Å². The summed E-state index contributed by atoms with van der Waals surface area (Å²) >= 11 is 0. The molecule has 0 spiro atoms. The normalized spacial score (nSPS) is 14.6. The van der Waals surface area contributed by atoms with Crippen molar-refractivity contribution in [3.63, 3.8) is 0 Å². The molecule has 0 saturated carbocycles. The first-order valence-electron chi connectivity index (χ1n) is 7.02. The van der Waals surface area contributed by atoms with Gasteiger partial charge >= 0.3 is 0 Å². The van der Waals surface area contributed by atoms with Gasteiger partial charge in [-0.25, -0.2) is 0 Å². The van der Waals surface area contributed by atoms with Gasteiger partial charge in [-0.1, -0.05) is 57.2 Å². The number of fused-ring (bicyclic) bond motifs is 2. The Morgan fingerprint density at radius 3 is 1.72 bits per heavy atom. The predicted molar refractivity (Wildman–Crippen MR) is 81.9 cm³/mol.